The van der Waals surface area contributed by atoms with Crippen LogP contribution in [0.2, 0.25) is 0 Å². The number of esters is 2. The molecule has 280 valence electrons. The third-order valence-corrected chi connectivity index (χ3v) is 11.3. The zero-order valence-electron chi connectivity index (χ0n) is 31.0. The van der Waals surface area contributed by atoms with Crippen molar-refractivity contribution in [2.75, 3.05) is 14.2 Å². The predicted octanol–water partition coefficient (Wildman–Crippen LogP) is 5.14. The topological polar surface area (TPSA) is 156 Å². The molecule has 6 atom stereocenters. The first-order valence-electron chi connectivity index (χ1n) is 18.1. The molecule has 0 bridgehead atoms. The van der Waals surface area contributed by atoms with Crippen LogP contribution in [0.25, 0.3) is 0 Å². The summed E-state index contributed by atoms with van der Waals surface area (Å²) in [6.45, 7) is 9.20. The summed E-state index contributed by atoms with van der Waals surface area (Å²) in [5.74, 6) is -1.66. The van der Waals surface area contributed by atoms with Gasteiger partial charge in [0, 0.05) is 43.8 Å². The monoisotopic (exact) mass is 725 g/mol. The maximum atomic E-state index is 13.9. The number of thiazole rings is 1. The van der Waals surface area contributed by atoms with Gasteiger partial charge in [0.2, 0.25) is 11.8 Å². The van der Waals surface area contributed by atoms with Gasteiger partial charge in [0.15, 0.2) is 6.10 Å². The maximum Gasteiger partial charge on any atom is 0.308 e. The molecule has 12 nitrogen and oxygen atoms in total. The molecule has 51 heavy (non-hydrogen) atoms. The smallest absolute Gasteiger partial charge is 0.308 e. The number of rotatable bonds is 17. The van der Waals surface area contributed by atoms with E-state index in [1.54, 1.807) is 24.3 Å². The Morgan fingerprint density at radius 2 is 1.73 bits per heavy atom. The molecule has 1 aromatic heterocycles. The van der Waals surface area contributed by atoms with E-state index in [9.17, 15) is 24.0 Å². The lowest BCUT2D eigenvalue weighted by molar-refractivity contribution is -0.149. The van der Waals surface area contributed by atoms with Gasteiger partial charge < -0.3 is 19.7 Å². The molecule has 0 spiro atoms. The number of carbonyl (C=O) groups excluding carboxylic acids is 5. The molecule has 13 heteroatoms. The minimum absolute atomic E-state index is 0.0104. The number of likely N-dealkylation sites (N-methyl/N-ethyl adjacent to an activating group) is 1. The van der Waals surface area contributed by atoms with Crippen LogP contribution in [0.4, 0.5) is 0 Å². The van der Waals surface area contributed by atoms with Crippen LogP contribution in [0.5, 0.6) is 0 Å². The summed E-state index contributed by atoms with van der Waals surface area (Å²) in [5.41, 5.74) is 6.26. The number of amides is 3. The molecule has 2 saturated carbocycles. The first-order valence-corrected chi connectivity index (χ1v) is 19.0. The highest BCUT2D eigenvalue weighted by molar-refractivity contribution is 7.09. The normalized spacial score (nSPS) is 20.3. The second-order valence-corrected chi connectivity index (χ2v) is 15.6. The van der Waals surface area contributed by atoms with Crippen LogP contribution in [0, 0.1) is 23.7 Å². The lowest BCUT2D eigenvalue weighted by Gasteiger charge is -2.36. The molecule has 1 unspecified atom stereocenters. The third-order valence-electron chi connectivity index (χ3n) is 10.3. The number of carbonyl (C=O) groups is 5. The second-order valence-electron chi connectivity index (χ2n) is 14.7. The third kappa shape index (κ3) is 10.8. The van der Waals surface area contributed by atoms with Crippen molar-refractivity contribution in [2.45, 2.75) is 116 Å². The second kappa shape index (κ2) is 18.1. The highest BCUT2D eigenvalue weighted by Crippen LogP contribution is 2.39. The molecule has 0 aliphatic heterocycles. The number of nitrogens with zero attached hydrogens (tertiary/aromatic N) is 2. The van der Waals surface area contributed by atoms with Gasteiger partial charge in [-0.2, -0.15) is 0 Å². The zero-order valence-corrected chi connectivity index (χ0v) is 31.8. The molecule has 1 aromatic carbocycles. The van der Waals surface area contributed by atoms with E-state index in [1.165, 1.54) is 25.4 Å². The van der Waals surface area contributed by atoms with Gasteiger partial charge in [-0.25, -0.2) is 10.4 Å². The predicted molar refractivity (Wildman–Crippen MR) is 194 cm³/mol. The summed E-state index contributed by atoms with van der Waals surface area (Å²) in [7, 11) is 3.09. The Morgan fingerprint density at radius 3 is 2.33 bits per heavy atom. The van der Waals surface area contributed by atoms with Crippen molar-refractivity contribution in [2.24, 2.45) is 23.7 Å². The molecule has 4 rings (SSSR count). The summed E-state index contributed by atoms with van der Waals surface area (Å²) in [6, 6.07) is 8.99. The number of hydrogen-bond donors (Lipinski definition) is 3. The van der Waals surface area contributed by atoms with Gasteiger partial charge in [0.1, 0.15) is 16.2 Å². The fourth-order valence-electron chi connectivity index (χ4n) is 7.10. The van der Waals surface area contributed by atoms with Crippen molar-refractivity contribution in [3.05, 3.63) is 52.0 Å². The average Bonchev–Trinajstić information content (AvgIpc) is 3.73. The van der Waals surface area contributed by atoms with Crippen molar-refractivity contribution in [1.82, 2.24) is 26.1 Å². The molecular weight excluding hydrogens is 671 g/mol. The van der Waals surface area contributed by atoms with E-state index >= 15 is 0 Å². The molecule has 3 amide bonds. The van der Waals surface area contributed by atoms with Crippen molar-refractivity contribution < 1.29 is 33.4 Å². The van der Waals surface area contributed by atoms with E-state index < -0.39 is 29.4 Å². The standard InChI is InChI=1S/C38H55N5O7S/c1-23(2)31(43(6)37(48)38(17-18-38)42-41-33(45)29-16-12-11-13-24(29)3)21-32(50-26(5)44)35-40-30(22-51-35)34(46)39-28(19-25(4)36(47)49-7)20-27-14-9-8-10-15-27/h8-10,14-15,22-25,28-29,31-32,42H,11-13,16-21H2,1-7H3,(H,39,46)(H,41,45)/t24?,25-,28+,29-,31+,32+/m0/s1. The number of aromatic nitrogens is 1. The van der Waals surface area contributed by atoms with Gasteiger partial charge in [0.25, 0.3) is 5.91 Å². The zero-order chi connectivity index (χ0) is 37.3. The molecule has 3 N–H and O–H groups in total. The van der Waals surface area contributed by atoms with E-state index in [1.807, 2.05) is 44.2 Å². The summed E-state index contributed by atoms with van der Waals surface area (Å²) < 4.78 is 10.7. The molecule has 2 aliphatic rings. The van der Waals surface area contributed by atoms with E-state index in [0.29, 0.717) is 36.6 Å². The first kappa shape index (κ1) is 39.9. The van der Waals surface area contributed by atoms with Gasteiger partial charge in [-0.05, 0) is 55.9 Å². The SMILES string of the molecule is COC(=O)[C@@H](C)C[C@H](Cc1ccccc1)NC(=O)c1csc([C@@H](C[C@H](C(C)C)N(C)C(=O)C2(NNC(=O)[C@H]3CCCCC3C)CC2)OC(C)=O)n1. The van der Waals surface area contributed by atoms with Crippen LogP contribution >= 0.6 is 11.3 Å². The van der Waals surface area contributed by atoms with E-state index in [-0.39, 0.29) is 53.8 Å². The van der Waals surface area contributed by atoms with Crippen molar-refractivity contribution in [3.8, 4) is 0 Å². The van der Waals surface area contributed by atoms with Crippen LogP contribution in [-0.2, 0) is 35.1 Å². The molecule has 2 aliphatic carbocycles. The highest BCUT2D eigenvalue weighted by Gasteiger charge is 2.53. The lowest BCUT2D eigenvalue weighted by Crippen LogP contribution is -2.57. The Kier molecular flexibility index (Phi) is 14.2. The molecule has 1 heterocycles. The number of methoxy groups -OCH3 is 1. The van der Waals surface area contributed by atoms with Crippen molar-refractivity contribution in [1.29, 1.82) is 0 Å². The average molecular weight is 726 g/mol. The number of ether oxygens (including phenoxy) is 2. The van der Waals surface area contributed by atoms with Crippen molar-refractivity contribution >= 4 is 41.0 Å². The van der Waals surface area contributed by atoms with Crippen molar-refractivity contribution in [3.63, 3.8) is 0 Å². The summed E-state index contributed by atoms with van der Waals surface area (Å²) in [5, 5.41) is 5.11. The molecule has 0 radical (unpaired) electrons. The minimum atomic E-state index is -0.875. The van der Waals surface area contributed by atoms with Gasteiger partial charge in [0.05, 0.1) is 13.0 Å². The highest BCUT2D eigenvalue weighted by atomic mass is 32.1. The van der Waals surface area contributed by atoms with Gasteiger partial charge >= 0.3 is 11.9 Å². The van der Waals surface area contributed by atoms with Gasteiger partial charge in [-0.3, -0.25) is 29.4 Å². The number of nitrogens with one attached hydrogen (secondary N) is 3. The molecule has 0 saturated heterocycles. The van der Waals surface area contributed by atoms with Crippen LogP contribution in [0.1, 0.15) is 113 Å². The molecule has 2 aromatic rings. The van der Waals surface area contributed by atoms with E-state index in [4.69, 9.17) is 9.47 Å². The van der Waals surface area contributed by atoms with Crippen LogP contribution in [0.3, 0.4) is 0 Å². The number of hydrogen-bond acceptors (Lipinski definition) is 10. The Hall–Kier alpha value is -3.84. The fraction of sp³-hybridized carbons (Fsp3) is 0.632. The number of benzene rings is 1. The van der Waals surface area contributed by atoms with Gasteiger partial charge in [-0.1, -0.05) is 70.9 Å². The summed E-state index contributed by atoms with van der Waals surface area (Å²) in [6.07, 6.45) is 5.60. The van der Waals surface area contributed by atoms with Crippen LogP contribution in [0.15, 0.2) is 35.7 Å². The molecular formula is C38H55N5O7S. The molecule has 2 fully saturated rings. The van der Waals surface area contributed by atoms with Crippen LogP contribution in [-0.4, -0.2) is 71.3 Å². The van der Waals surface area contributed by atoms with Crippen LogP contribution < -0.4 is 16.2 Å². The fourth-order valence-corrected chi connectivity index (χ4v) is 7.94. The van der Waals surface area contributed by atoms with Gasteiger partial charge in [-0.15, -0.1) is 11.3 Å². The number of hydrazine groups is 1. The summed E-state index contributed by atoms with van der Waals surface area (Å²) in [4.78, 5) is 71.3. The Bertz CT molecular complexity index is 1510. The van der Waals surface area contributed by atoms with E-state index in [0.717, 1.165) is 31.2 Å². The maximum absolute atomic E-state index is 13.9. The Balaban J connectivity index is 1.45. The minimum Gasteiger partial charge on any atom is -0.469 e. The Labute approximate surface area is 305 Å². The first-order chi connectivity index (χ1) is 24.2. The quantitative estimate of drug-likeness (QED) is 0.149. The largest absolute Gasteiger partial charge is 0.469 e. The summed E-state index contributed by atoms with van der Waals surface area (Å²) >= 11 is 1.21. The van der Waals surface area contributed by atoms with E-state index in [2.05, 4.69) is 28.1 Å². The Morgan fingerprint density at radius 1 is 1.04 bits per heavy atom. The lowest BCUT2D eigenvalue weighted by atomic mass is 9.80.